The van der Waals surface area contributed by atoms with Crippen molar-refractivity contribution in [2.75, 3.05) is 41.9 Å². The van der Waals surface area contributed by atoms with E-state index in [4.69, 9.17) is 27.9 Å². The van der Waals surface area contributed by atoms with Crippen LogP contribution in [0.2, 0.25) is 10.6 Å². The van der Waals surface area contributed by atoms with Gasteiger partial charge in [-0.15, -0.1) is 0 Å². The van der Waals surface area contributed by atoms with Crippen LogP contribution in [0.15, 0.2) is 12.4 Å². The van der Waals surface area contributed by atoms with E-state index in [1.54, 1.807) is 30.0 Å². The molecule has 0 bridgehead atoms. The van der Waals surface area contributed by atoms with E-state index in [0.717, 1.165) is 37.1 Å². The minimum absolute atomic E-state index is 0.0420. The summed E-state index contributed by atoms with van der Waals surface area (Å²) < 4.78 is 4.79. The van der Waals surface area contributed by atoms with Crippen LogP contribution in [-0.2, 0) is 14.3 Å². The van der Waals surface area contributed by atoms with Gasteiger partial charge in [-0.05, 0) is 62.7 Å². The number of fused-ring (bicyclic) bond motifs is 3. The number of likely N-dealkylation sites (N-methyl/N-ethyl adjacent to an activating group) is 1. The number of hydrogen-bond donors (Lipinski definition) is 0. The summed E-state index contributed by atoms with van der Waals surface area (Å²) in [5, 5.41) is 11.2. The summed E-state index contributed by atoms with van der Waals surface area (Å²) in [6.07, 6.45) is 5.73. The monoisotopic (exact) mass is 552 g/mol. The van der Waals surface area contributed by atoms with Gasteiger partial charge in [0.15, 0.2) is 5.82 Å². The normalized spacial score (nSPS) is 24.3. The smallest absolute Gasteiger partial charge is 0.331 e. The topological polar surface area (TPSA) is 148 Å². The molecule has 0 saturated carbocycles. The van der Waals surface area contributed by atoms with Crippen molar-refractivity contribution < 1.29 is 19.2 Å². The number of nitro groups is 1. The lowest BCUT2D eigenvalue weighted by molar-refractivity contribution is -0.384. The van der Waals surface area contributed by atoms with Crippen LogP contribution in [0.5, 0.6) is 0 Å². The van der Waals surface area contributed by atoms with E-state index in [-0.39, 0.29) is 28.0 Å². The molecule has 37 heavy (non-hydrogen) atoms. The molecule has 2 fully saturated rings. The number of nitrogens with zero attached hydrogens (tertiary/aromatic N) is 8. The fraction of sp³-hybridized carbons (Fsp3) is 0.545. The van der Waals surface area contributed by atoms with Crippen molar-refractivity contribution in [2.24, 2.45) is 0 Å². The van der Waals surface area contributed by atoms with Gasteiger partial charge in [0.2, 0.25) is 16.4 Å². The molecule has 3 aliphatic heterocycles. The average Bonchev–Trinajstić information content (AvgIpc) is 3.46. The number of amides is 1. The Morgan fingerprint density at radius 3 is 2.30 bits per heavy atom. The van der Waals surface area contributed by atoms with Crippen LogP contribution >= 0.6 is 23.2 Å². The molecule has 0 unspecified atom stereocenters. The molecule has 2 aromatic rings. The van der Waals surface area contributed by atoms with E-state index < -0.39 is 22.0 Å². The zero-order chi connectivity index (χ0) is 27.1. The summed E-state index contributed by atoms with van der Waals surface area (Å²) >= 11 is 11.6. The van der Waals surface area contributed by atoms with Crippen LogP contribution in [0, 0.1) is 10.1 Å². The molecule has 5 heterocycles. The van der Waals surface area contributed by atoms with E-state index in [2.05, 4.69) is 24.8 Å². The highest BCUT2D eigenvalue weighted by atomic mass is 35.5. The maximum absolute atomic E-state index is 12.4. The molecule has 1 amide bonds. The first-order valence-corrected chi connectivity index (χ1v) is 12.3. The minimum atomic E-state index is -0.989. The van der Waals surface area contributed by atoms with Gasteiger partial charge in [-0.3, -0.25) is 14.9 Å². The quantitative estimate of drug-likeness (QED) is 0.239. The van der Waals surface area contributed by atoms with E-state index >= 15 is 0 Å². The lowest BCUT2D eigenvalue weighted by Crippen LogP contribution is -2.58. The second-order valence-corrected chi connectivity index (χ2v) is 10.0. The summed E-state index contributed by atoms with van der Waals surface area (Å²) in [6, 6.07) is 0. The van der Waals surface area contributed by atoms with Gasteiger partial charge >= 0.3 is 11.7 Å². The van der Waals surface area contributed by atoms with Crippen LogP contribution in [0.25, 0.3) is 0 Å². The van der Waals surface area contributed by atoms with Crippen molar-refractivity contribution in [2.45, 2.75) is 50.6 Å². The third-order valence-corrected chi connectivity index (χ3v) is 7.55. The van der Waals surface area contributed by atoms with Gasteiger partial charge in [0.1, 0.15) is 23.0 Å². The molecule has 5 rings (SSSR count). The SMILES string of the molecule is CN1C(=O)[C@]2(C)CCCN2c2nc(Cl)ncc21.COC(=O)[C@]1(C)CCCN1c1nc(Cl)ncc1[N+](=O)[O-]. The zero-order valence-corrected chi connectivity index (χ0v) is 22.3. The van der Waals surface area contributed by atoms with Gasteiger partial charge in [0.25, 0.3) is 5.91 Å². The number of hydrogen-bond acceptors (Lipinski definition) is 11. The number of aromatic nitrogens is 4. The molecule has 198 valence electrons. The minimum Gasteiger partial charge on any atom is -0.467 e. The Hall–Kier alpha value is -3.32. The Morgan fingerprint density at radius 1 is 1.05 bits per heavy atom. The van der Waals surface area contributed by atoms with E-state index in [1.165, 1.54) is 7.11 Å². The summed E-state index contributed by atoms with van der Waals surface area (Å²) in [4.78, 5) is 55.8. The molecule has 0 N–H and O–H groups in total. The number of carbonyl (C=O) groups is 2. The fourth-order valence-electron chi connectivity index (χ4n) is 5.18. The Labute approximate surface area is 222 Å². The number of esters is 1. The number of rotatable bonds is 3. The summed E-state index contributed by atoms with van der Waals surface area (Å²) in [6.45, 7) is 4.94. The number of anilines is 3. The van der Waals surface area contributed by atoms with E-state index in [9.17, 15) is 19.7 Å². The Morgan fingerprint density at radius 2 is 1.65 bits per heavy atom. The first-order valence-electron chi connectivity index (χ1n) is 11.6. The van der Waals surface area contributed by atoms with E-state index in [0.29, 0.717) is 19.4 Å². The third kappa shape index (κ3) is 4.50. The Bertz CT molecular complexity index is 1270. The van der Waals surface area contributed by atoms with Crippen molar-refractivity contribution in [3.8, 4) is 0 Å². The van der Waals surface area contributed by atoms with Gasteiger partial charge in [-0.1, -0.05) is 0 Å². The summed E-state index contributed by atoms with van der Waals surface area (Å²) in [5.74, 6) is 0.458. The maximum atomic E-state index is 12.4. The largest absolute Gasteiger partial charge is 0.467 e. The molecule has 0 spiro atoms. The van der Waals surface area contributed by atoms with Gasteiger partial charge in [0, 0.05) is 20.1 Å². The Balaban J connectivity index is 0.000000175. The fourth-order valence-corrected chi connectivity index (χ4v) is 5.44. The first-order chi connectivity index (χ1) is 17.4. The lowest BCUT2D eigenvalue weighted by atomic mass is 9.94. The van der Waals surface area contributed by atoms with Crippen LogP contribution in [0.3, 0.4) is 0 Å². The van der Waals surface area contributed by atoms with Crippen molar-refractivity contribution in [3.63, 3.8) is 0 Å². The summed E-state index contributed by atoms with van der Waals surface area (Å²) in [5.41, 5.74) is -1.01. The van der Waals surface area contributed by atoms with Crippen molar-refractivity contribution in [1.82, 2.24) is 19.9 Å². The molecule has 2 atom stereocenters. The molecular formula is C22H26Cl2N8O5. The second kappa shape index (κ2) is 9.86. The molecule has 13 nitrogen and oxygen atoms in total. The van der Waals surface area contributed by atoms with Crippen molar-refractivity contribution >= 4 is 58.1 Å². The molecule has 15 heteroatoms. The highest BCUT2D eigenvalue weighted by Crippen LogP contribution is 2.44. The van der Waals surface area contributed by atoms with Crippen LogP contribution < -0.4 is 14.7 Å². The van der Waals surface area contributed by atoms with Gasteiger partial charge in [-0.2, -0.15) is 9.97 Å². The highest BCUT2D eigenvalue weighted by molar-refractivity contribution is 6.28. The van der Waals surface area contributed by atoms with Gasteiger partial charge in [-0.25, -0.2) is 14.8 Å². The van der Waals surface area contributed by atoms with Crippen LogP contribution in [0.1, 0.15) is 39.5 Å². The number of ether oxygens (including phenoxy) is 1. The van der Waals surface area contributed by atoms with Crippen molar-refractivity contribution in [1.29, 1.82) is 0 Å². The average molecular weight is 553 g/mol. The summed E-state index contributed by atoms with van der Waals surface area (Å²) in [7, 11) is 3.05. The molecule has 2 aromatic heterocycles. The second-order valence-electron chi connectivity index (χ2n) is 9.37. The standard InChI is InChI=1S/C11H13ClN4O4.C11H13ClN4O/c1-11(9(17)20-2)4-3-5-15(11)8-7(16(18)19)6-13-10(12)14-8;1-11-4-3-5-16(11)8-7(15(2)9(11)17)6-13-10(12)14-8/h6H,3-5H2,1-2H3;6H,3-5H2,1-2H3/t2*11-/m00/s1. The molecular weight excluding hydrogens is 527 g/mol. The molecule has 0 aromatic carbocycles. The lowest BCUT2D eigenvalue weighted by Gasteiger charge is -2.43. The predicted octanol–water partition coefficient (Wildman–Crippen LogP) is 3.04. The molecule has 0 aliphatic carbocycles. The van der Waals surface area contributed by atoms with E-state index in [1.807, 2.05) is 6.92 Å². The zero-order valence-electron chi connectivity index (χ0n) is 20.8. The van der Waals surface area contributed by atoms with Gasteiger partial charge < -0.3 is 19.4 Å². The highest BCUT2D eigenvalue weighted by Gasteiger charge is 2.50. The number of halogens is 2. The molecule has 0 radical (unpaired) electrons. The first kappa shape index (κ1) is 26.7. The van der Waals surface area contributed by atoms with Crippen molar-refractivity contribution in [3.05, 3.63) is 33.1 Å². The molecule has 2 saturated heterocycles. The van der Waals surface area contributed by atoms with Crippen LogP contribution in [0.4, 0.5) is 23.0 Å². The third-order valence-electron chi connectivity index (χ3n) is 7.18. The van der Waals surface area contributed by atoms with Crippen LogP contribution in [-0.4, -0.2) is 75.1 Å². The number of methoxy groups -OCH3 is 1. The molecule has 3 aliphatic rings. The number of carbonyl (C=O) groups excluding carboxylic acids is 2. The maximum Gasteiger partial charge on any atom is 0.331 e. The van der Waals surface area contributed by atoms with Gasteiger partial charge in [0.05, 0.1) is 18.2 Å². The Kier molecular flexibility index (Phi) is 7.12. The predicted molar refractivity (Wildman–Crippen MR) is 136 cm³/mol.